The van der Waals surface area contributed by atoms with E-state index in [9.17, 15) is 17.6 Å². The summed E-state index contributed by atoms with van der Waals surface area (Å²) in [5, 5.41) is 6.49. The molecular formula is C18H19FN4O4S. The number of sulfonamides is 1. The summed E-state index contributed by atoms with van der Waals surface area (Å²) in [6, 6.07) is 5.44. The number of rotatable bonds is 5. The molecule has 0 bridgehead atoms. The van der Waals surface area contributed by atoms with Gasteiger partial charge in [0.2, 0.25) is 0 Å². The molecule has 1 aromatic carbocycles. The predicted molar refractivity (Wildman–Crippen MR) is 101 cm³/mol. The van der Waals surface area contributed by atoms with E-state index in [1.54, 1.807) is 27.1 Å². The van der Waals surface area contributed by atoms with Gasteiger partial charge in [-0.3, -0.25) is 14.6 Å². The number of aromatic nitrogens is 2. The molecule has 148 valence electrons. The van der Waals surface area contributed by atoms with Crippen LogP contribution in [0.2, 0.25) is 0 Å². The number of benzene rings is 1. The fraction of sp³-hybridized carbons (Fsp3) is 0.222. The molecule has 2 aromatic heterocycles. The Morgan fingerprint density at radius 2 is 1.96 bits per heavy atom. The number of aromatic amines is 1. The Morgan fingerprint density at radius 3 is 2.61 bits per heavy atom. The minimum atomic E-state index is -4.11. The van der Waals surface area contributed by atoms with Crippen molar-refractivity contribution in [3.63, 3.8) is 0 Å². The summed E-state index contributed by atoms with van der Waals surface area (Å²) >= 11 is 0. The topological polar surface area (TPSA) is 108 Å². The van der Waals surface area contributed by atoms with Crippen LogP contribution in [0.5, 0.6) is 0 Å². The standard InChI is InChI=1S/C18H19FN4O4S/c1-10-5-6-14(13(19)7-10)22-28(25,26)16-8-15(27-11(16)2)17-12(9-20-21-17)18(24)23(3)4/h5-9,22H,1-4H3,(H,20,21). The monoisotopic (exact) mass is 406 g/mol. The molecule has 0 saturated carbocycles. The van der Waals surface area contributed by atoms with Gasteiger partial charge in [-0.05, 0) is 31.5 Å². The Kier molecular flexibility index (Phi) is 4.99. The average molecular weight is 406 g/mol. The van der Waals surface area contributed by atoms with E-state index >= 15 is 0 Å². The quantitative estimate of drug-likeness (QED) is 0.677. The van der Waals surface area contributed by atoms with Crippen LogP contribution in [-0.4, -0.2) is 43.5 Å². The average Bonchev–Trinajstić information content (AvgIpc) is 3.23. The van der Waals surface area contributed by atoms with Gasteiger partial charge in [0.15, 0.2) is 5.76 Å². The van der Waals surface area contributed by atoms with Crippen LogP contribution in [0.25, 0.3) is 11.5 Å². The van der Waals surface area contributed by atoms with E-state index in [2.05, 4.69) is 14.9 Å². The van der Waals surface area contributed by atoms with Crippen LogP contribution in [0.15, 0.2) is 39.8 Å². The van der Waals surface area contributed by atoms with Crippen molar-refractivity contribution >= 4 is 21.6 Å². The fourth-order valence-corrected chi connectivity index (χ4v) is 3.88. The van der Waals surface area contributed by atoms with E-state index in [4.69, 9.17) is 4.42 Å². The number of halogens is 1. The fourth-order valence-electron chi connectivity index (χ4n) is 2.64. The van der Waals surface area contributed by atoms with Crippen molar-refractivity contribution in [2.24, 2.45) is 0 Å². The molecule has 1 amide bonds. The molecule has 0 radical (unpaired) electrons. The van der Waals surface area contributed by atoms with Gasteiger partial charge in [0.05, 0.1) is 17.4 Å². The number of anilines is 1. The zero-order valence-corrected chi connectivity index (χ0v) is 16.5. The minimum Gasteiger partial charge on any atom is -0.458 e. The summed E-state index contributed by atoms with van der Waals surface area (Å²) in [4.78, 5) is 13.4. The number of hydrogen-bond donors (Lipinski definition) is 2. The highest BCUT2D eigenvalue weighted by Gasteiger charge is 2.26. The lowest BCUT2D eigenvalue weighted by Crippen LogP contribution is -2.21. The van der Waals surface area contributed by atoms with Gasteiger partial charge in [0.1, 0.15) is 22.2 Å². The van der Waals surface area contributed by atoms with Crippen molar-refractivity contribution in [2.75, 3.05) is 18.8 Å². The molecule has 3 aromatic rings. The number of nitrogens with zero attached hydrogens (tertiary/aromatic N) is 2. The number of furan rings is 1. The highest BCUT2D eigenvalue weighted by Crippen LogP contribution is 2.31. The second kappa shape index (κ2) is 7.12. The Hall–Kier alpha value is -3.14. The molecule has 0 unspecified atom stereocenters. The summed E-state index contributed by atoms with van der Waals surface area (Å²) in [5.41, 5.74) is 0.988. The van der Waals surface area contributed by atoms with Gasteiger partial charge in [0.25, 0.3) is 15.9 Å². The summed E-state index contributed by atoms with van der Waals surface area (Å²) in [5.74, 6) is -0.780. The van der Waals surface area contributed by atoms with Gasteiger partial charge in [-0.2, -0.15) is 5.10 Å². The molecule has 3 rings (SSSR count). The smallest absolute Gasteiger partial charge is 0.265 e. The van der Waals surface area contributed by atoms with Crippen LogP contribution in [0.1, 0.15) is 21.7 Å². The first-order valence-electron chi connectivity index (χ1n) is 8.25. The first-order chi connectivity index (χ1) is 13.1. The Labute approximate surface area is 161 Å². The second-order valence-electron chi connectivity index (χ2n) is 6.48. The third-order valence-electron chi connectivity index (χ3n) is 4.05. The van der Waals surface area contributed by atoms with E-state index in [1.807, 2.05) is 0 Å². The number of carbonyl (C=O) groups excluding carboxylic acids is 1. The maximum absolute atomic E-state index is 14.0. The maximum Gasteiger partial charge on any atom is 0.265 e. The molecule has 28 heavy (non-hydrogen) atoms. The van der Waals surface area contributed by atoms with Crippen LogP contribution in [0.3, 0.4) is 0 Å². The third kappa shape index (κ3) is 3.63. The Bertz CT molecular complexity index is 1150. The van der Waals surface area contributed by atoms with Gasteiger partial charge in [0, 0.05) is 20.2 Å². The number of H-pyrrole nitrogens is 1. The molecule has 2 heterocycles. The molecule has 2 N–H and O–H groups in total. The first-order valence-corrected chi connectivity index (χ1v) is 9.73. The highest BCUT2D eigenvalue weighted by molar-refractivity contribution is 7.92. The predicted octanol–water partition coefficient (Wildman–Crippen LogP) is 2.93. The molecular weight excluding hydrogens is 387 g/mol. The van der Waals surface area contributed by atoms with E-state index in [1.165, 1.54) is 36.2 Å². The first kappa shape index (κ1) is 19.6. The molecule has 0 spiro atoms. The van der Waals surface area contributed by atoms with Crippen molar-refractivity contribution in [1.29, 1.82) is 0 Å². The van der Waals surface area contributed by atoms with Crippen molar-refractivity contribution in [2.45, 2.75) is 18.7 Å². The van der Waals surface area contributed by atoms with E-state index in [0.717, 1.165) is 0 Å². The SMILES string of the molecule is Cc1ccc(NS(=O)(=O)c2cc(-c3[nH]ncc3C(=O)N(C)C)oc2C)c(F)c1. The Morgan fingerprint density at radius 1 is 1.25 bits per heavy atom. The number of nitrogens with one attached hydrogen (secondary N) is 2. The number of aryl methyl sites for hydroxylation is 2. The van der Waals surface area contributed by atoms with Crippen LogP contribution in [0.4, 0.5) is 10.1 Å². The summed E-state index contributed by atoms with van der Waals surface area (Å²) < 4.78 is 47.3. The van der Waals surface area contributed by atoms with Crippen molar-refractivity contribution in [3.8, 4) is 11.5 Å². The van der Waals surface area contributed by atoms with Gasteiger partial charge in [-0.1, -0.05) is 6.07 Å². The zero-order chi connectivity index (χ0) is 20.6. The summed E-state index contributed by atoms with van der Waals surface area (Å²) in [6.07, 6.45) is 1.34. The summed E-state index contributed by atoms with van der Waals surface area (Å²) in [7, 11) is -0.941. The maximum atomic E-state index is 14.0. The lowest BCUT2D eigenvalue weighted by molar-refractivity contribution is 0.0828. The van der Waals surface area contributed by atoms with Gasteiger partial charge in [-0.15, -0.1) is 0 Å². The molecule has 0 aliphatic heterocycles. The van der Waals surface area contributed by atoms with Gasteiger partial charge in [-0.25, -0.2) is 12.8 Å². The third-order valence-corrected chi connectivity index (χ3v) is 5.53. The largest absolute Gasteiger partial charge is 0.458 e. The van der Waals surface area contributed by atoms with Crippen LogP contribution in [-0.2, 0) is 10.0 Å². The number of amides is 1. The van der Waals surface area contributed by atoms with E-state index in [0.29, 0.717) is 5.56 Å². The van der Waals surface area contributed by atoms with Crippen molar-refractivity contribution in [1.82, 2.24) is 15.1 Å². The van der Waals surface area contributed by atoms with E-state index < -0.39 is 15.8 Å². The Balaban J connectivity index is 1.99. The van der Waals surface area contributed by atoms with Crippen molar-refractivity contribution in [3.05, 3.63) is 53.2 Å². The van der Waals surface area contributed by atoms with Gasteiger partial charge >= 0.3 is 0 Å². The lowest BCUT2D eigenvalue weighted by atomic mass is 10.2. The second-order valence-corrected chi connectivity index (χ2v) is 8.13. The number of hydrogen-bond acceptors (Lipinski definition) is 5. The molecule has 10 heteroatoms. The normalized spacial score (nSPS) is 11.5. The molecule has 0 aliphatic rings. The molecule has 0 saturated heterocycles. The summed E-state index contributed by atoms with van der Waals surface area (Å²) in [6.45, 7) is 3.16. The zero-order valence-electron chi connectivity index (χ0n) is 15.7. The molecule has 0 atom stereocenters. The molecule has 8 nitrogen and oxygen atoms in total. The number of carbonyl (C=O) groups is 1. The van der Waals surface area contributed by atoms with E-state index in [-0.39, 0.29) is 39.3 Å². The van der Waals surface area contributed by atoms with Crippen molar-refractivity contribution < 1.29 is 22.0 Å². The highest BCUT2D eigenvalue weighted by atomic mass is 32.2. The minimum absolute atomic E-state index is 0.0906. The van der Waals surface area contributed by atoms with Gasteiger partial charge < -0.3 is 9.32 Å². The van der Waals surface area contributed by atoms with Crippen LogP contribution < -0.4 is 4.72 Å². The lowest BCUT2D eigenvalue weighted by Gasteiger charge is -2.09. The van der Waals surface area contributed by atoms with Crippen LogP contribution in [0, 0.1) is 19.7 Å². The molecule has 0 aliphatic carbocycles. The molecule has 0 fully saturated rings. The van der Waals surface area contributed by atoms with Crippen LogP contribution >= 0.6 is 0 Å².